The van der Waals surface area contributed by atoms with Gasteiger partial charge in [-0.1, -0.05) is 6.58 Å². The number of amides is 1. The first-order valence-corrected chi connectivity index (χ1v) is 9.29. The fourth-order valence-corrected chi connectivity index (χ4v) is 4.63. The molecule has 1 spiro atoms. The number of carbonyl (C=O) groups excluding carboxylic acids is 1. The van der Waals surface area contributed by atoms with E-state index in [1.807, 2.05) is 4.90 Å². The summed E-state index contributed by atoms with van der Waals surface area (Å²) >= 11 is 0. The lowest BCUT2D eigenvalue weighted by molar-refractivity contribution is -0.694. The summed E-state index contributed by atoms with van der Waals surface area (Å²) in [6.45, 7) is 6.11. The first kappa shape index (κ1) is 18.8. The maximum absolute atomic E-state index is 12.9. The van der Waals surface area contributed by atoms with Gasteiger partial charge in [0, 0.05) is 30.7 Å². The number of hydrogen-bond acceptors (Lipinski definition) is 3. The molecule has 28 heavy (non-hydrogen) atoms. The van der Waals surface area contributed by atoms with Gasteiger partial charge in [-0.05, 0) is 36.8 Å². The van der Waals surface area contributed by atoms with Crippen molar-refractivity contribution in [2.45, 2.75) is 25.2 Å². The summed E-state index contributed by atoms with van der Waals surface area (Å²) in [6.07, 6.45) is -1.92. The lowest BCUT2D eigenvalue weighted by Crippen LogP contribution is -2.61. The van der Waals surface area contributed by atoms with Crippen LogP contribution >= 0.6 is 0 Å². The topological polar surface area (TPSA) is 46.9 Å². The van der Waals surface area contributed by atoms with Gasteiger partial charge in [0.2, 0.25) is 12.5 Å². The molecule has 3 saturated heterocycles. The summed E-state index contributed by atoms with van der Waals surface area (Å²) in [5, 5.41) is 1.75. The molecule has 0 bridgehead atoms. The highest BCUT2D eigenvalue weighted by Gasteiger charge is 2.55. The largest absolute Gasteiger partial charge is 0.416 e. The first-order chi connectivity index (χ1) is 13.2. The van der Waals surface area contributed by atoms with Gasteiger partial charge in [-0.3, -0.25) is 4.79 Å². The molecule has 0 aliphatic carbocycles. The van der Waals surface area contributed by atoms with Crippen molar-refractivity contribution in [1.82, 2.24) is 9.91 Å². The van der Waals surface area contributed by atoms with Gasteiger partial charge in [0.15, 0.2) is 6.17 Å². The van der Waals surface area contributed by atoms with E-state index in [0.717, 1.165) is 23.4 Å². The molecule has 2 unspecified atom stereocenters. The van der Waals surface area contributed by atoms with Crippen molar-refractivity contribution in [2.75, 3.05) is 37.6 Å². The van der Waals surface area contributed by atoms with Crippen LogP contribution < -0.4 is 4.90 Å². The van der Waals surface area contributed by atoms with Crippen molar-refractivity contribution in [3.63, 3.8) is 0 Å². The van der Waals surface area contributed by atoms with E-state index in [0.29, 0.717) is 44.8 Å². The molecular formula is C19H22F3N4O2+. The highest BCUT2D eigenvalue weighted by Crippen LogP contribution is 2.42. The number of hydrogen-bond donors (Lipinski definition) is 0. The third-order valence-electron chi connectivity index (χ3n) is 6.02. The van der Waals surface area contributed by atoms with Crippen LogP contribution in [0, 0.1) is 10.3 Å². The minimum atomic E-state index is -4.39. The number of nitrogens with zero attached hydrogens (tertiary/aromatic N) is 4. The third kappa shape index (κ3) is 3.12. The standard InChI is InChI=1S/C19H22F3N4O2/c1-2-17(27)23-10-8-18(11-23)12-24(16-7-9-26(28)25(16)13-18)15-5-3-14(4-6-15)19(20,21)22/h2-6,16H,1,7-13H2/q+1. The van der Waals surface area contributed by atoms with E-state index < -0.39 is 11.7 Å². The van der Waals surface area contributed by atoms with E-state index in [1.165, 1.54) is 18.2 Å². The Morgan fingerprint density at radius 3 is 2.57 bits per heavy atom. The molecule has 6 nitrogen and oxygen atoms in total. The van der Waals surface area contributed by atoms with E-state index >= 15 is 0 Å². The number of alkyl halides is 3. The Kier molecular flexibility index (Phi) is 4.35. The molecule has 150 valence electrons. The highest BCUT2D eigenvalue weighted by molar-refractivity contribution is 5.87. The Hall–Kier alpha value is -2.58. The van der Waals surface area contributed by atoms with Crippen molar-refractivity contribution in [2.24, 2.45) is 5.41 Å². The molecule has 3 aliphatic heterocycles. The number of hydrazine groups is 1. The van der Waals surface area contributed by atoms with Crippen LogP contribution in [0.3, 0.4) is 0 Å². The molecule has 9 heteroatoms. The van der Waals surface area contributed by atoms with Gasteiger partial charge in [-0.15, -0.1) is 5.01 Å². The summed E-state index contributed by atoms with van der Waals surface area (Å²) in [7, 11) is 0. The van der Waals surface area contributed by atoms with Crippen LogP contribution in [0.15, 0.2) is 36.9 Å². The van der Waals surface area contributed by atoms with Crippen LogP contribution in [0.4, 0.5) is 18.9 Å². The number of benzene rings is 1. The summed E-state index contributed by atoms with van der Waals surface area (Å²) in [6, 6.07) is 5.09. The van der Waals surface area contributed by atoms with Gasteiger partial charge in [0.1, 0.15) is 4.87 Å². The van der Waals surface area contributed by atoms with Gasteiger partial charge in [-0.25, -0.2) is 0 Å². The fraction of sp³-hybridized carbons (Fsp3) is 0.526. The molecule has 2 atom stereocenters. The molecule has 0 radical (unpaired) electrons. The minimum absolute atomic E-state index is 0.138. The summed E-state index contributed by atoms with van der Waals surface area (Å²) in [4.78, 5) is 29.1. The average Bonchev–Trinajstić information content (AvgIpc) is 3.24. The van der Waals surface area contributed by atoms with Crippen LogP contribution in [-0.2, 0) is 11.0 Å². The van der Waals surface area contributed by atoms with Crippen LogP contribution in [0.1, 0.15) is 18.4 Å². The number of carbonyl (C=O) groups is 1. The zero-order valence-corrected chi connectivity index (χ0v) is 15.4. The van der Waals surface area contributed by atoms with Crippen LogP contribution in [0.5, 0.6) is 0 Å². The Morgan fingerprint density at radius 1 is 1.21 bits per heavy atom. The average molecular weight is 395 g/mol. The smallest absolute Gasteiger partial charge is 0.346 e. The zero-order chi connectivity index (χ0) is 20.1. The Labute approximate surface area is 160 Å². The van der Waals surface area contributed by atoms with Crippen LogP contribution in [0.2, 0.25) is 0 Å². The van der Waals surface area contributed by atoms with E-state index in [-0.39, 0.29) is 17.5 Å². The number of likely N-dealkylation sites (tertiary alicyclic amines) is 1. The van der Waals surface area contributed by atoms with E-state index in [1.54, 1.807) is 9.91 Å². The Balaban J connectivity index is 1.63. The lowest BCUT2D eigenvalue weighted by atomic mass is 9.83. The molecular weight excluding hydrogens is 373 g/mol. The normalized spacial score (nSPS) is 27.5. The second kappa shape index (κ2) is 6.49. The molecule has 1 amide bonds. The van der Waals surface area contributed by atoms with Gasteiger partial charge < -0.3 is 9.80 Å². The molecule has 1 aromatic rings. The quantitative estimate of drug-likeness (QED) is 0.571. The predicted molar refractivity (Wildman–Crippen MR) is 96.2 cm³/mol. The predicted octanol–water partition coefficient (Wildman–Crippen LogP) is 2.66. The summed E-state index contributed by atoms with van der Waals surface area (Å²) < 4.78 is 38.7. The lowest BCUT2D eigenvalue weighted by Gasteiger charge is -2.46. The number of anilines is 1. The molecule has 3 aliphatic rings. The second-order valence-electron chi connectivity index (χ2n) is 7.83. The molecule has 0 saturated carbocycles. The van der Waals surface area contributed by atoms with Crippen molar-refractivity contribution >= 4 is 11.6 Å². The van der Waals surface area contributed by atoms with Crippen LogP contribution in [-0.4, -0.2) is 59.6 Å². The SMILES string of the molecule is C=CC(=O)N1CCC2(C1)CN(c1ccc(C(F)(F)F)cc1)C1CC[N+](=O)N1C2. The molecule has 1 aromatic carbocycles. The van der Waals surface area contributed by atoms with Gasteiger partial charge >= 0.3 is 6.18 Å². The second-order valence-corrected chi connectivity index (χ2v) is 7.83. The highest BCUT2D eigenvalue weighted by atomic mass is 19.4. The monoisotopic (exact) mass is 395 g/mol. The summed E-state index contributed by atoms with van der Waals surface area (Å²) in [5.74, 6) is -0.138. The molecule has 3 fully saturated rings. The number of fused-ring (bicyclic) bond motifs is 1. The Bertz CT molecular complexity index is 810. The van der Waals surface area contributed by atoms with Crippen LogP contribution in [0.25, 0.3) is 0 Å². The number of nitroso groups, excluding NO2 is 1. The first-order valence-electron chi connectivity index (χ1n) is 9.29. The van der Waals surface area contributed by atoms with E-state index in [9.17, 15) is 22.9 Å². The maximum atomic E-state index is 12.9. The summed E-state index contributed by atoms with van der Waals surface area (Å²) in [5.41, 5.74) is -0.337. The number of rotatable bonds is 2. The fourth-order valence-electron chi connectivity index (χ4n) is 4.63. The van der Waals surface area contributed by atoms with Crippen molar-refractivity contribution < 1.29 is 22.8 Å². The molecule has 0 aromatic heterocycles. The maximum Gasteiger partial charge on any atom is 0.416 e. The van der Waals surface area contributed by atoms with Crippen molar-refractivity contribution in [3.8, 4) is 0 Å². The minimum Gasteiger partial charge on any atom is -0.346 e. The van der Waals surface area contributed by atoms with E-state index in [2.05, 4.69) is 6.58 Å². The number of halogens is 3. The third-order valence-corrected chi connectivity index (χ3v) is 6.02. The Morgan fingerprint density at radius 2 is 1.93 bits per heavy atom. The zero-order valence-electron chi connectivity index (χ0n) is 15.4. The van der Waals surface area contributed by atoms with Crippen molar-refractivity contribution in [1.29, 1.82) is 0 Å². The van der Waals surface area contributed by atoms with Gasteiger partial charge in [0.05, 0.1) is 23.4 Å². The molecule has 3 heterocycles. The van der Waals surface area contributed by atoms with Gasteiger partial charge in [0.25, 0.3) is 0 Å². The molecule has 0 N–H and O–H groups in total. The van der Waals surface area contributed by atoms with E-state index in [4.69, 9.17) is 0 Å². The van der Waals surface area contributed by atoms with Crippen molar-refractivity contribution in [3.05, 3.63) is 47.4 Å². The molecule has 4 rings (SSSR count). The van der Waals surface area contributed by atoms with Gasteiger partial charge in [-0.2, -0.15) is 13.2 Å².